The van der Waals surface area contributed by atoms with Crippen LogP contribution in [0.5, 0.6) is 0 Å². The zero-order valence-corrected chi connectivity index (χ0v) is 21.3. The Morgan fingerprint density at radius 1 is 0.424 bits per heavy atom. The van der Waals surface area contributed by atoms with E-state index in [2.05, 4.69) is 18.8 Å². The van der Waals surface area contributed by atoms with E-state index in [1.54, 1.807) is 96.3 Å². The number of hydrogen-bond acceptors (Lipinski definition) is 0. The zero-order chi connectivity index (χ0) is 21.7. The molecule has 0 amide bonds. The second-order valence-corrected chi connectivity index (χ2v) is 16.6. The van der Waals surface area contributed by atoms with Gasteiger partial charge in [0.05, 0.1) is 0 Å². The highest BCUT2D eigenvalue weighted by atomic mass is 14.8. The maximum absolute atomic E-state index is 3.92. The van der Waals surface area contributed by atoms with E-state index in [-0.39, 0.29) is 0 Å². The Kier molecular flexibility index (Phi) is 3.54. The standard InChI is InChI=1S/C33H46/c1-2-3-29-9-25-7-26(10-29)15-31(14-25,20-29)33-18-27-8-28(19-33)17-32(16-27,21-33)30-11-22-4-23(12-30)6-24(5-22)13-30/h22-28H,4-21H2,1H3. The van der Waals surface area contributed by atoms with Gasteiger partial charge < -0.3 is 0 Å². The summed E-state index contributed by atoms with van der Waals surface area (Å²) in [6.07, 6.45) is 29.1. The predicted molar refractivity (Wildman–Crippen MR) is 133 cm³/mol. The SMILES string of the molecule is CC#CC12CC3CC(C1)CC(C14CC5CC(CC(C67CC8CC(CC(C8)C6)C7)(C5)C1)C4)(C3)C2. The van der Waals surface area contributed by atoms with E-state index in [0.717, 1.165) is 57.7 Å². The van der Waals surface area contributed by atoms with E-state index in [1.165, 1.54) is 19.3 Å². The highest BCUT2D eigenvalue weighted by Gasteiger charge is 2.73. The van der Waals surface area contributed by atoms with Gasteiger partial charge in [0.15, 0.2) is 0 Å². The molecule has 0 aromatic rings. The summed E-state index contributed by atoms with van der Waals surface area (Å²) in [7, 11) is 0. The van der Waals surface area contributed by atoms with Crippen molar-refractivity contribution in [2.45, 2.75) is 122 Å². The van der Waals surface area contributed by atoms with Crippen molar-refractivity contribution in [2.24, 2.45) is 68.5 Å². The fourth-order valence-corrected chi connectivity index (χ4v) is 15.6. The molecule has 178 valence electrons. The molecule has 12 bridgehead atoms. The van der Waals surface area contributed by atoms with Crippen molar-refractivity contribution in [2.75, 3.05) is 0 Å². The van der Waals surface area contributed by atoms with Crippen LogP contribution in [0.25, 0.3) is 0 Å². The lowest BCUT2D eigenvalue weighted by Crippen LogP contribution is -2.68. The largest absolute Gasteiger partial charge is 0.106 e. The third-order valence-electron chi connectivity index (χ3n) is 14.8. The number of hydrogen-bond donors (Lipinski definition) is 0. The molecule has 12 aliphatic carbocycles. The topological polar surface area (TPSA) is 0 Å². The first-order chi connectivity index (χ1) is 15.9. The summed E-state index contributed by atoms with van der Waals surface area (Å²) in [5.74, 6) is 15.0. The van der Waals surface area contributed by atoms with Crippen LogP contribution >= 0.6 is 0 Å². The van der Waals surface area contributed by atoms with Crippen molar-refractivity contribution in [1.82, 2.24) is 0 Å². The van der Waals surface area contributed by atoms with E-state index in [4.69, 9.17) is 0 Å². The molecule has 0 nitrogen and oxygen atoms in total. The van der Waals surface area contributed by atoms with Gasteiger partial charge in [-0.15, -0.1) is 5.92 Å². The van der Waals surface area contributed by atoms with Crippen LogP contribution < -0.4 is 0 Å². The van der Waals surface area contributed by atoms with E-state index in [9.17, 15) is 0 Å². The van der Waals surface area contributed by atoms with Crippen LogP contribution in [0.3, 0.4) is 0 Å². The van der Waals surface area contributed by atoms with Crippen LogP contribution in [0.2, 0.25) is 0 Å². The van der Waals surface area contributed by atoms with Crippen LogP contribution in [0.15, 0.2) is 0 Å². The fourth-order valence-electron chi connectivity index (χ4n) is 15.6. The van der Waals surface area contributed by atoms with E-state index in [1.807, 2.05) is 0 Å². The number of rotatable bonds is 2. The van der Waals surface area contributed by atoms with Crippen LogP contribution in [-0.4, -0.2) is 0 Å². The average Bonchev–Trinajstić information content (AvgIpc) is 2.71. The van der Waals surface area contributed by atoms with Gasteiger partial charge in [-0.05, 0) is 186 Å². The molecule has 33 heavy (non-hydrogen) atoms. The molecule has 0 saturated heterocycles. The summed E-state index contributed by atoms with van der Waals surface area (Å²) in [6.45, 7) is 2.14. The molecule has 0 aromatic carbocycles. The summed E-state index contributed by atoms with van der Waals surface area (Å²) in [5, 5.41) is 0. The van der Waals surface area contributed by atoms with Crippen molar-refractivity contribution >= 4 is 0 Å². The Hall–Kier alpha value is -0.440. The Balaban J connectivity index is 1.16. The monoisotopic (exact) mass is 442 g/mol. The second kappa shape index (κ2) is 5.92. The Labute approximate surface area is 202 Å². The van der Waals surface area contributed by atoms with E-state index >= 15 is 0 Å². The maximum atomic E-state index is 3.92. The lowest BCUT2D eigenvalue weighted by molar-refractivity contribution is -0.271. The highest BCUT2D eigenvalue weighted by molar-refractivity contribution is 5.26. The average molecular weight is 443 g/mol. The zero-order valence-electron chi connectivity index (χ0n) is 21.3. The molecule has 0 aromatic heterocycles. The minimum atomic E-state index is 0.427. The molecule has 0 spiro atoms. The first kappa shape index (κ1) is 19.7. The van der Waals surface area contributed by atoms with Crippen molar-refractivity contribution in [3.05, 3.63) is 0 Å². The molecule has 12 aliphatic rings. The summed E-state index contributed by atoms with van der Waals surface area (Å²) >= 11 is 0. The molecule has 12 fully saturated rings. The predicted octanol–water partition coefficient (Wildman–Crippen LogP) is 8.40. The summed E-state index contributed by atoms with van der Waals surface area (Å²) in [4.78, 5) is 0. The minimum absolute atomic E-state index is 0.427. The van der Waals surface area contributed by atoms with Gasteiger partial charge in [0.1, 0.15) is 0 Å². The Morgan fingerprint density at radius 3 is 1.27 bits per heavy atom. The first-order valence-electron chi connectivity index (χ1n) is 15.4. The molecule has 12 rings (SSSR count). The van der Waals surface area contributed by atoms with E-state index < -0.39 is 0 Å². The third-order valence-corrected chi connectivity index (χ3v) is 14.8. The summed E-state index contributed by atoms with van der Waals surface area (Å²) in [6, 6.07) is 0. The maximum Gasteiger partial charge on any atom is 0.0325 e. The molecule has 4 atom stereocenters. The van der Waals surface area contributed by atoms with Crippen LogP contribution in [0.1, 0.15) is 122 Å². The van der Waals surface area contributed by atoms with Gasteiger partial charge in [-0.25, -0.2) is 0 Å². The molecule has 0 aliphatic heterocycles. The first-order valence-corrected chi connectivity index (χ1v) is 15.4. The Bertz CT molecular complexity index is 891. The van der Waals surface area contributed by atoms with Crippen molar-refractivity contribution < 1.29 is 0 Å². The Morgan fingerprint density at radius 2 is 0.788 bits per heavy atom. The van der Waals surface area contributed by atoms with Crippen molar-refractivity contribution in [1.29, 1.82) is 0 Å². The van der Waals surface area contributed by atoms with Crippen LogP contribution in [0.4, 0.5) is 0 Å². The van der Waals surface area contributed by atoms with Crippen molar-refractivity contribution in [3.63, 3.8) is 0 Å². The lowest BCUT2D eigenvalue weighted by Gasteiger charge is -2.77. The smallest absolute Gasteiger partial charge is 0.0325 e. The molecule has 0 N–H and O–H groups in total. The van der Waals surface area contributed by atoms with Gasteiger partial charge in [-0.2, -0.15) is 0 Å². The van der Waals surface area contributed by atoms with Gasteiger partial charge >= 0.3 is 0 Å². The third kappa shape index (κ3) is 2.34. The van der Waals surface area contributed by atoms with Gasteiger partial charge in [0.25, 0.3) is 0 Å². The normalized spacial score (nSPS) is 65.4. The fraction of sp³-hybridized carbons (Fsp3) is 0.939. The molecular weight excluding hydrogens is 396 g/mol. The molecule has 0 radical (unpaired) electrons. The highest BCUT2D eigenvalue weighted by Crippen LogP contribution is 2.82. The van der Waals surface area contributed by atoms with Crippen LogP contribution in [0, 0.1) is 80.3 Å². The van der Waals surface area contributed by atoms with Gasteiger partial charge in [-0.1, -0.05) is 5.92 Å². The molecule has 0 heterocycles. The summed E-state index contributed by atoms with van der Waals surface area (Å²) < 4.78 is 0. The van der Waals surface area contributed by atoms with Gasteiger partial charge in [0, 0.05) is 5.41 Å². The second-order valence-electron chi connectivity index (χ2n) is 16.6. The van der Waals surface area contributed by atoms with E-state index in [0.29, 0.717) is 10.8 Å². The molecule has 12 saturated carbocycles. The quantitative estimate of drug-likeness (QED) is 0.377. The lowest BCUT2D eigenvalue weighted by atomic mass is 9.27. The molecule has 4 unspecified atom stereocenters. The van der Waals surface area contributed by atoms with Gasteiger partial charge in [-0.3, -0.25) is 0 Å². The van der Waals surface area contributed by atoms with Gasteiger partial charge in [0.2, 0.25) is 0 Å². The van der Waals surface area contributed by atoms with Crippen LogP contribution in [-0.2, 0) is 0 Å². The minimum Gasteiger partial charge on any atom is -0.106 e. The van der Waals surface area contributed by atoms with Crippen molar-refractivity contribution in [3.8, 4) is 11.8 Å². The molecule has 0 heteroatoms. The summed E-state index contributed by atoms with van der Waals surface area (Å²) in [5.41, 5.74) is 3.38. The molecular formula is C33H46.